The summed E-state index contributed by atoms with van der Waals surface area (Å²) in [7, 11) is 0. The first kappa shape index (κ1) is 12.0. The number of aliphatic carboxylic acids is 1. The molecule has 1 aromatic heterocycles. The SMILES string of the molecule is CC1CCC(c2nnnn2C(C)C(=O)O)CC1. The average Bonchev–Trinajstić information content (AvgIpc) is 2.77. The summed E-state index contributed by atoms with van der Waals surface area (Å²) in [6.45, 7) is 3.85. The molecule has 1 fully saturated rings. The van der Waals surface area contributed by atoms with E-state index in [1.807, 2.05) is 0 Å². The van der Waals surface area contributed by atoms with Gasteiger partial charge in [0.2, 0.25) is 0 Å². The van der Waals surface area contributed by atoms with Crippen molar-refractivity contribution in [1.82, 2.24) is 20.2 Å². The predicted octanol–water partition coefficient (Wildman–Crippen LogP) is 1.61. The minimum Gasteiger partial charge on any atom is -0.480 e. The number of nitrogens with zero attached hydrogens (tertiary/aromatic N) is 4. The molecule has 1 atom stereocenters. The van der Waals surface area contributed by atoms with Gasteiger partial charge in [-0.3, -0.25) is 0 Å². The number of carboxylic acid groups (broad SMARTS) is 1. The van der Waals surface area contributed by atoms with E-state index < -0.39 is 12.0 Å². The summed E-state index contributed by atoms with van der Waals surface area (Å²) in [4.78, 5) is 11.0. The van der Waals surface area contributed by atoms with Crippen LogP contribution in [-0.2, 0) is 4.79 Å². The van der Waals surface area contributed by atoms with Crippen molar-refractivity contribution in [1.29, 1.82) is 0 Å². The molecule has 1 aromatic rings. The fourth-order valence-electron chi connectivity index (χ4n) is 2.37. The Morgan fingerprint density at radius 1 is 1.41 bits per heavy atom. The molecule has 0 bridgehead atoms. The van der Waals surface area contributed by atoms with Gasteiger partial charge in [-0.15, -0.1) is 5.10 Å². The molecule has 1 unspecified atom stereocenters. The molecular formula is C11H18N4O2. The summed E-state index contributed by atoms with van der Waals surface area (Å²) in [5.41, 5.74) is 0. The molecule has 0 radical (unpaired) electrons. The second-order valence-electron chi connectivity index (χ2n) is 4.95. The van der Waals surface area contributed by atoms with Crippen LogP contribution in [0.25, 0.3) is 0 Å². The zero-order valence-electron chi connectivity index (χ0n) is 10.2. The highest BCUT2D eigenvalue weighted by atomic mass is 16.4. The second-order valence-corrected chi connectivity index (χ2v) is 4.95. The lowest BCUT2D eigenvalue weighted by molar-refractivity contribution is -0.140. The minimum absolute atomic E-state index is 0.308. The van der Waals surface area contributed by atoms with Gasteiger partial charge in [-0.25, -0.2) is 9.48 Å². The number of carboxylic acids is 1. The summed E-state index contributed by atoms with van der Waals surface area (Å²) < 4.78 is 1.45. The van der Waals surface area contributed by atoms with E-state index in [9.17, 15) is 4.79 Å². The number of rotatable bonds is 3. The van der Waals surface area contributed by atoms with Gasteiger partial charge in [0.1, 0.15) is 6.04 Å². The second kappa shape index (κ2) is 4.81. The normalized spacial score (nSPS) is 26.7. The highest BCUT2D eigenvalue weighted by Crippen LogP contribution is 2.34. The summed E-state index contributed by atoms with van der Waals surface area (Å²) in [5.74, 6) is 0.894. The van der Waals surface area contributed by atoms with Gasteiger partial charge >= 0.3 is 5.97 Å². The zero-order valence-corrected chi connectivity index (χ0v) is 10.2. The molecule has 6 heteroatoms. The summed E-state index contributed by atoms with van der Waals surface area (Å²) >= 11 is 0. The van der Waals surface area contributed by atoms with Gasteiger partial charge in [0.15, 0.2) is 5.82 Å². The van der Waals surface area contributed by atoms with Crippen LogP contribution < -0.4 is 0 Å². The first-order valence-electron chi connectivity index (χ1n) is 6.10. The van der Waals surface area contributed by atoms with Gasteiger partial charge in [0.25, 0.3) is 0 Å². The van der Waals surface area contributed by atoms with Crippen molar-refractivity contribution in [2.45, 2.75) is 51.5 Å². The molecule has 1 saturated carbocycles. The zero-order chi connectivity index (χ0) is 12.4. The van der Waals surface area contributed by atoms with Crippen LogP contribution in [0.2, 0.25) is 0 Å². The van der Waals surface area contributed by atoms with E-state index in [1.54, 1.807) is 6.92 Å². The van der Waals surface area contributed by atoms with Crippen LogP contribution in [0, 0.1) is 5.92 Å². The number of tetrazole rings is 1. The molecule has 1 N–H and O–H groups in total. The number of aromatic nitrogens is 4. The van der Waals surface area contributed by atoms with Crippen molar-refractivity contribution < 1.29 is 9.90 Å². The summed E-state index contributed by atoms with van der Waals surface area (Å²) in [6.07, 6.45) is 4.43. The van der Waals surface area contributed by atoms with E-state index in [0.717, 1.165) is 24.6 Å². The molecule has 1 aliphatic carbocycles. The van der Waals surface area contributed by atoms with Crippen molar-refractivity contribution in [2.75, 3.05) is 0 Å². The first-order valence-corrected chi connectivity index (χ1v) is 6.10. The Balaban J connectivity index is 2.16. The van der Waals surface area contributed by atoms with E-state index in [0.29, 0.717) is 5.92 Å². The molecule has 0 amide bonds. The van der Waals surface area contributed by atoms with Crippen molar-refractivity contribution in [3.8, 4) is 0 Å². The lowest BCUT2D eigenvalue weighted by Gasteiger charge is -2.25. The Labute approximate surface area is 100 Å². The Kier molecular flexibility index (Phi) is 3.40. The molecule has 6 nitrogen and oxygen atoms in total. The molecule has 2 rings (SSSR count). The number of hydrogen-bond acceptors (Lipinski definition) is 4. The molecule has 0 saturated heterocycles. The third-order valence-electron chi connectivity index (χ3n) is 3.62. The monoisotopic (exact) mass is 238 g/mol. The van der Waals surface area contributed by atoms with E-state index in [-0.39, 0.29) is 0 Å². The van der Waals surface area contributed by atoms with Crippen LogP contribution in [0.4, 0.5) is 0 Å². The summed E-state index contributed by atoms with van der Waals surface area (Å²) in [5, 5.41) is 20.4. The highest BCUT2D eigenvalue weighted by molar-refractivity contribution is 5.71. The fraction of sp³-hybridized carbons (Fsp3) is 0.818. The van der Waals surface area contributed by atoms with Crippen molar-refractivity contribution in [2.24, 2.45) is 5.92 Å². The van der Waals surface area contributed by atoms with Crippen LogP contribution in [0.1, 0.15) is 57.3 Å². The van der Waals surface area contributed by atoms with Crippen LogP contribution in [-0.4, -0.2) is 31.3 Å². The highest BCUT2D eigenvalue weighted by Gasteiger charge is 2.27. The lowest BCUT2D eigenvalue weighted by atomic mass is 9.82. The standard InChI is InChI=1S/C11H18N4O2/c1-7-3-5-9(6-4-7)10-12-13-14-15(10)8(2)11(16)17/h7-9H,3-6H2,1-2H3,(H,16,17). The Hall–Kier alpha value is -1.46. The van der Waals surface area contributed by atoms with Crippen molar-refractivity contribution in [3.05, 3.63) is 5.82 Å². The van der Waals surface area contributed by atoms with Gasteiger partial charge < -0.3 is 5.11 Å². The third kappa shape index (κ3) is 2.45. The molecule has 0 spiro atoms. The largest absolute Gasteiger partial charge is 0.480 e. The van der Waals surface area contributed by atoms with Crippen molar-refractivity contribution >= 4 is 5.97 Å². The maximum absolute atomic E-state index is 11.0. The maximum Gasteiger partial charge on any atom is 0.328 e. The van der Waals surface area contributed by atoms with E-state index in [1.165, 1.54) is 17.5 Å². The minimum atomic E-state index is -0.900. The molecule has 94 valence electrons. The molecular weight excluding hydrogens is 220 g/mol. The van der Waals surface area contributed by atoms with Gasteiger partial charge in [-0.05, 0) is 36.1 Å². The fourth-order valence-corrected chi connectivity index (χ4v) is 2.37. The smallest absolute Gasteiger partial charge is 0.328 e. The van der Waals surface area contributed by atoms with E-state index in [4.69, 9.17) is 5.11 Å². The Bertz CT molecular complexity index is 396. The first-order chi connectivity index (χ1) is 8.09. The maximum atomic E-state index is 11.0. The quantitative estimate of drug-likeness (QED) is 0.865. The van der Waals surface area contributed by atoms with Gasteiger partial charge in [-0.2, -0.15) is 0 Å². The van der Waals surface area contributed by atoms with Gasteiger partial charge in [-0.1, -0.05) is 19.8 Å². The number of carbonyl (C=O) groups is 1. The Morgan fingerprint density at radius 2 is 2.06 bits per heavy atom. The molecule has 0 aromatic carbocycles. The Morgan fingerprint density at radius 3 is 2.65 bits per heavy atom. The van der Waals surface area contributed by atoms with Crippen LogP contribution in [0.3, 0.4) is 0 Å². The topological polar surface area (TPSA) is 80.9 Å². The van der Waals surface area contributed by atoms with Gasteiger partial charge in [0.05, 0.1) is 0 Å². The summed E-state index contributed by atoms with van der Waals surface area (Å²) in [6, 6.07) is -0.695. The van der Waals surface area contributed by atoms with Crippen LogP contribution >= 0.6 is 0 Å². The predicted molar refractivity (Wildman–Crippen MR) is 60.5 cm³/mol. The van der Waals surface area contributed by atoms with E-state index in [2.05, 4.69) is 22.4 Å². The molecule has 1 aliphatic rings. The third-order valence-corrected chi connectivity index (χ3v) is 3.62. The molecule has 0 aliphatic heterocycles. The van der Waals surface area contributed by atoms with Crippen LogP contribution in [0.5, 0.6) is 0 Å². The average molecular weight is 238 g/mol. The number of hydrogen-bond donors (Lipinski definition) is 1. The van der Waals surface area contributed by atoms with Crippen LogP contribution in [0.15, 0.2) is 0 Å². The van der Waals surface area contributed by atoms with E-state index >= 15 is 0 Å². The van der Waals surface area contributed by atoms with Gasteiger partial charge in [0, 0.05) is 5.92 Å². The lowest BCUT2D eigenvalue weighted by Crippen LogP contribution is -2.22. The van der Waals surface area contributed by atoms with Crippen molar-refractivity contribution in [3.63, 3.8) is 0 Å². The molecule has 17 heavy (non-hydrogen) atoms. The molecule has 1 heterocycles.